The molecule has 0 bridgehead atoms. The number of amides is 1. The third-order valence-electron chi connectivity index (χ3n) is 1.26. The summed E-state index contributed by atoms with van der Waals surface area (Å²) in [5.41, 5.74) is 0. The summed E-state index contributed by atoms with van der Waals surface area (Å²) in [5.74, 6) is 0.472. The number of rotatable bonds is 0. The maximum Gasteiger partial charge on any atom is 0.226 e. The van der Waals surface area contributed by atoms with Crippen molar-refractivity contribution in [3.05, 3.63) is 12.5 Å². The first-order valence-electron chi connectivity index (χ1n) is 2.81. The van der Waals surface area contributed by atoms with Crippen molar-refractivity contribution in [2.24, 2.45) is 0 Å². The molecule has 1 aliphatic rings. The van der Waals surface area contributed by atoms with E-state index < -0.39 is 0 Å². The molecule has 3 nitrogen and oxygen atoms in total. The smallest absolute Gasteiger partial charge is 0.226 e. The number of hydrogen-bond donors (Lipinski definition) is 0. The SMILES string of the molecule is C=C1OCCN1C(C)=O. The molecule has 50 valence electrons. The van der Waals surface area contributed by atoms with Gasteiger partial charge in [-0.1, -0.05) is 0 Å². The third kappa shape index (κ3) is 1.04. The van der Waals surface area contributed by atoms with E-state index in [4.69, 9.17) is 4.74 Å². The highest BCUT2D eigenvalue weighted by Gasteiger charge is 2.18. The monoisotopic (exact) mass is 127 g/mol. The summed E-state index contributed by atoms with van der Waals surface area (Å²) >= 11 is 0. The lowest BCUT2D eigenvalue weighted by atomic mass is 10.5. The average molecular weight is 127 g/mol. The highest BCUT2D eigenvalue weighted by Crippen LogP contribution is 2.10. The van der Waals surface area contributed by atoms with Crippen LogP contribution >= 0.6 is 0 Å². The highest BCUT2D eigenvalue weighted by atomic mass is 16.5. The Morgan fingerprint density at radius 3 is 2.78 bits per heavy atom. The van der Waals surface area contributed by atoms with Crippen molar-refractivity contribution in [1.82, 2.24) is 4.90 Å². The van der Waals surface area contributed by atoms with E-state index in [1.807, 2.05) is 0 Å². The van der Waals surface area contributed by atoms with Gasteiger partial charge in [0.25, 0.3) is 0 Å². The van der Waals surface area contributed by atoms with Crippen LogP contribution in [0.25, 0.3) is 0 Å². The molecule has 0 N–H and O–H groups in total. The topological polar surface area (TPSA) is 29.5 Å². The van der Waals surface area contributed by atoms with Crippen LogP contribution in [0.3, 0.4) is 0 Å². The number of hydrogen-bond acceptors (Lipinski definition) is 2. The molecule has 1 saturated heterocycles. The second-order valence-corrected chi connectivity index (χ2v) is 1.91. The molecule has 3 heteroatoms. The molecule has 0 unspecified atom stereocenters. The Labute approximate surface area is 53.9 Å². The Hall–Kier alpha value is -0.990. The summed E-state index contributed by atoms with van der Waals surface area (Å²) in [4.78, 5) is 12.2. The van der Waals surface area contributed by atoms with Gasteiger partial charge in [0.2, 0.25) is 5.91 Å². The number of nitrogens with zero attached hydrogens (tertiary/aromatic N) is 1. The van der Waals surface area contributed by atoms with Crippen molar-refractivity contribution < 1.29 is 9.53 Å². The molecule has 0 atom stereocenters. The van der Waals surface area contributed by atoms with Gasteiger partial charge in [0.05, 0.1) is 6.54 Å². The van der Waals surface area contributed by atoms with Crippen LogP contribution in [0, 0.1) is 0 Å². The molecule has 0 aromatic rings. The van der Waals surface area contributed by atoms with E-state index in [1.165, 1.54) is 11.8 Å². The van der Waals surface area contributed by atoms with Gasteiger partial charge in [-0.2, -0.15) is 0 Å². The van der Waals surface area contributed by atoms with Crippen molar-refractivity contribution in [3.8, 4) is 0 Å². The molecule has 0 radical (unpaired) electrons. The van der Waals surface area contributed by atoms with Crippen LogP contribution in [0.4, 0.5) is 0 Å². The maximum atomic E-state index is 10.6. The van der Waals surface area contributed by atoms with Gasteiger partial charge in [0, 0.05) is 6.92 Å². The van der Waals surface area contributed by atoms with Gasteiger partial charge in [-0.25, -0.2) is 0 Å². The molecular formula is C6H9NO2. The maximum absolute atomic E-state index is 10.6. The lowest BCUT2D eigenvalue weighted by Crippen LogP contribution is -2.23. The summed E-state index contributed by atoms with van der Waals surface area (Å²) in [7, 11) is 0. The fraction of sp³-hybridized carbons (Fsp3) is 0.500. The van der Waals surface area contributed by atoms with E-state index in [-0.39, 0.29) is 5.91 Å². The van der Waals surface area contributed by atoms with Crippen molar-refractivity contribution in [2.45, 2.75) is 6.92 Å². The van der Waals surface area contributed by atoms with Crippen molar-refractivity contribution in [1.29, 1.82) is 0 Å². The molecule has 0 aliphatic carbocycles. The van der Waals surface area contributed by atoms with Gasteiger partial charge in [0.1, 0.15) is 6.61 Å². The highest BCUT2D eigenvalue weighted by molar-refractivity contribution is 5.75. The Morgan fingerprint density at radius 1 is 1.89 bits per heavy atom. The molecular weight excluding hydrogens is 118 g/mol. The zero-order valence-corrected chi connectivity index (χ0v) is 5.39. The van der Waals surface area contributed by atoms with Crippen LogP contribution in [0.15, 0.2) is 12.5 Å². The normalized spacial score (nSPS) is 17.9. The van der Waals surface area contributed by atoms with Crippen LogP contribution in [-0.2, 0) is 9.53 Å². The van der Waals surface area contributed by atoms with Crippen LogP contribution in [0.1, 0.15) is 6.92 Å². The van der Waals surface area contributed by atoms with Gasteiger partial charge in [-0.15, -0.1) is 0 Å². The predicted molar refractivity (Wildman–Crippen MR) is 32.5 cm³/mol. The molecule has 0 spiro atoms. The van der Waals surface area contributed by atoms with Crippen LogP contribution < -0.4 is 0 Å². The van der Waals surface area contributed by atoms with E-state index in [1.54, 1.807) is 0 Å². The van der Waals surface area contributed by atoms with Crippen LogP contribution in [-0.4, -0.2) is 24.0 Å². The predicted octanol–water partition coefficient (Wildman–Crippen LogP) is 0.336. The summed E-state index contributed by atoms with van der Waals surface area (Å²) in [6, 6.07) is 0. The third-order valence-corrected chi connectivity index (χ3v) is 1.26. The fourth-order valence-corrected chi connectivity index (χ4v) is 0.790. The van der Waals surface area contributed by atoms with Gasteiger partial charge >= 0.3 is 0 Å². The summed E-state index contributed by atoms with van der Waals surface area (Å²) < 4.78 is 4.94. The first kappa shape index (κ1) is 6.13. The van der Waals surface area contributed by atoms with Gasteiger partial charge in [0.15, 0.2) is 5.88 Å². The zero-order chi connectivity index (χ0) is 6.85. The van der Waals surface area contributed by atoms with E-state index >= 15 is 0 Å². The summed E-state index contributed by atoms with van der Waals surface area (Å²) in [6.45, 7) is 6.27. The standard InChI is InChI=1S/C6H9NO2/c1-5(8)7-3-4-9-6(7)2/h2-4H2,1H3. The molecule has 0 aromatic heterocycles. The Bertz CT molecular complexity index is 153. The number of carbonyl (C=O) groups is 1. The Morgan fingerprint density at radius 2 is 2.56 bits per heavy atom. The Balaban J connectivity index is 2.60. The van der Waals surface area contributed by atoms with Crippen molar-refractivity contribution in [2.75, 3.05) is 13.2 Å². The molecule has 1 rings (SSSR count). The Kier molecular flexibility index (Phi) is 1.42. The summed E-state index contributed by atoms with van der Waals surface area (Å²) in [5, 5.41) is 0. The fourth-order valence-electron chi connectivity index (χ4n) is 0.790. The molecule has 9 heavy (non-hydrogen) atoms. The van der Waals surface area contributed by atoms with Crippen molar-refractivity contribution >= 4 is 5.91 Å². The lowest BCUT2D eigenvalue weighted by Gasteiger charge is -2.09. The molecule has 1 fully saturated rings. The largest absolute Gasteiger partial charge is 0.477 e. The average Bonchev–Trinajstić information content (AvgIpc) is 2.13. The molecule has 0 aromatic carbocycles. The minimum Gasteiger partial charge on any atom is -0.477 e. The van der Waals surface area contributed by atoms with Gasteiger partial charge in [-0.05, 0) is 6.58 Å². The van der Waals surface area contributed by atoms with E-state index in [0.29, 0.717) is 19.0 Å². The van der Waals surface area contributed by atoms with Crippen LogP contribution in [0.5, 0.6) is 0 Å². The summed E-state index contributed by atoms with van der Waals surface area (Å²) in [6.07, 6.45) is 0. The molecule has 0 saturated carbocycles. The van der Waals surface area contributed by atoms with E-state index in [0.717, 1.165) is 0 Å². The lowest BCUT2D eigenvalue weighted by molar-refractivity contribution is -0.126. The molecule has 1 heterocycles. The number of carbonyl (C=O) groups excluding carboxylic acids is 1. The van der Waals surface area contributed by atoms with Gasteiger partial charge < -0.3 is 4.74 Å². The molecule has 1 amide bonds. The zero-order valence-electron chi connectivity index (χ0n) is 5.39. The second kappa shape index (κ2) is 2.09. The second-order valence-electron chi connectivity index (χ2n) is 1.91. The van der Waals surface area contributed by atoms with Crippen LogP contribution in [0.2, 0.25) is 0 Å². The minimum atomic E-state index is -0.00231. The van der Waals surface area contributed by atoms with Crippen molar-refractivity contribution in [3.63, 3.8) is 0 Å². The van der Waals surface area contributed by atoms with Gasteiger partial charge in [-0.3, -0.25) is 9.69 Å². The molecule has 1 aliphatic heterocycles. The van der Waals surface area contributed by atoms with E-state index in [2.05, 4.69) is 6.58 Å². The first-order valence-corrected chi connectivity index (χ1v) is 2.81. The quantitative estimate of drug-likeness (QED) is 0.469. The minimum absolute atomic E-state index is 0.00231. The first-order chi connectivity index (χ1) is 4.22. The van der Waals surface area contributed by atoms with E-state index in [9.17, 15) is 4.79 Å². The number of ether oxygens (including phenoxy) is 1.